The van der Waals surface area contributed by atoms with Crippen LogP contribution in [-0.4, -0.2) is 55.1 Å². The Balaban J connectivity index is 2.14. The largest absolute Gasteiger partial charge is 0.312 e. The first-order valence-electron chi connectivity index (χ1n) is 7.17. The van der Waals surface area contributed by atoms with Crippen LogP contribution in [0.3, 0.4) is 0 Å². The SMILES string of the molecule is CCNCc1sc(C2CN(C)CCCN2C)nc1C. The molecule has 1 aliphatic rings. The van der Waals surface area contributed by atoms with E-state index < -0.39 is 0 Å². The molecule has 1 atom stereocenters. The van der Waals surface area contributed by atoms with Gasteiger partial charge in [-0.3, -0.25) is 4.90 Å². The number of nitrogens with zero attached hydrogens (tertiary/aromatic N) is 3. The zero-order chi connectivity index (χ0) is 13.8. The van der Waals surface area contributed by atoms with Crippen molar-refractivity contribution in [1.29, 1.82) is 0 Å². The molecule has 2 rings (SSSR count). The Bertz CT molecular complexity index is 404. The first-order chi connectivity index (χ1) is 9.11. The highest BCUT2D eigenvalue weighted by molar-refractivity contribution is 7.11. The first kappa shape index (κ1) is 14.9. The van der Waals surface area contributed by atoms with Gasteiger partial charge in [-0.1, -0.05) is 6.92 Å². The number of aryl methyl sites for hydroxylation is 1. The smallest absolute Gasteiger partial charge is 0.112 e. The van der Waals surface area contributed by atoms with Crippen LogP contribution in [0, 0.1) is 6.92 Å². The third kappa shape index (κ3) is 3.75. The standard InChI is InChI=1S/C14H26N4S/c1-5-15-9-13-11(2)16-14(19-13)12-10-17(3)7-6-8-18(12)4/h12,15H,5-10H2,1-4H3. The lowest BCUT2D eigenvalue weighted by Gasteiger charge is -2.25. The number of thiazole rings is 1. The highest BCUT2D eigenvalue weighted by Crippen LogP contribution is 2.29. The Hall–Kier alpha value is -0.490. The normalized spacial score (nSPS) is 22.6. The van der Waals surface area contributed by atoms with E-state index in [0.29, 0.717) is 6.04 Å². The molecule has 1 unspecified atom stereocenters. The summed E-state index contributed by atoms with van der Waals surface area (Å²) >= 11 is 1.88. The summed E-state index contributed by atoms with van der Waals surface area (Å²) in [5, 5.41) is 4.68. The molecular weight excluding hydrogens is 256 g/mol. The molecule has 0 spiro atoms. The van der Waals surface area contributed by atoms with Crippen molar-refractivity contribution in [3.63, 3.8) is 0 Å². The summed E-state index contributed by atoms with van der Waals surface area (Å²) in [6.45, 7) is 9.68. The van der Waals surface area contributed by atoms with E-state index in [9.17, 15) is 0 Å². The molecule has 1 aliphatic heterocycles. The monoisotopic (exact) mass is 282 g/mol. The maximum Gasteiger partial charge on any atom is 0.112 e. The van der Waals surface area contributed by atoms with Crippen molar-refractivity contribution in [3.05, 3.63) is 15.6 Å². The van der Waals surface area contributed by atoms with E-state index in [1.165, 1.54) is 28.5 Å². The van der Waals surface area contributed by atoms with Gasteiger partial charge in [-0.15, -0.1) is 11.3 Å². The van der Waals surface area contributed by atoms with Crippen molar-refractivity contribution in [2.24, 2.45) is 0 Å². The van der Waals surface area contributed by atoms with Crippen LogP contribution >= 0.6 is 11.3 Å². The van der Waals surface area contributed by atoms with Crippen LogP contribution in [0.4, 0.5) is 0 Å². The molecule has 5 heteroatoms. The molecule has 108 valence electrons. The molecule has 1 N–H and O–H groups in total. The number of likely N-dealkylation sites (N-methyl/N-ethyl adjacent to an activating group) is 2. The second-order valence-electron chi connectivity index (χ2n) is 5.45. The van der Waals surface area contributed by atoms with E-state index in [1.807, 2.05) is 11.3 Å². The molecule has 0 saturated carbocycles. The molecule has 4 nitrogen and oxygen atoms in total. The number of hydrogen-bond acceptors (Lipinski definition) is 5. The lowest BCUT2D eigenvalue weighted by Crippen LogP contribution is -2.30. The maximum absolute atomic E-state index is 4.82. The highest BCUT2D eigenvalue weighted by Gasteiger charge is 2.25. The average Bonchev–Trinajstić information content (AvgIpc) is 2.65. The zero-order valence-electron chi connectivity index (χ0n) is 12.6. The predicted molar refractivity (Wildman–Crippen MR) is 81.7 cm³/mol. The number of aromatic nitrogens is 1. The van der Waals surface area contributed by atoms with E-state index in [4.69, 9.17) is 4.98 Å². The summed E-state index contributed by atoms with van der Waals surface area (Å²) < 4.78 is 0. The minimum absolute atomic E-state index is 0.451. The van der Waals surface area contributed by atoms with Crippen LogP contribution in [0.5, 0.6) is 0 Å². The van der Waals surface area contributed by atoms with Crippen molar-refractivity contribution in [3.8, 4) is 0 Å². The molecule has 2 heterocycles. The van der Waals surface area contributed by atoms with Gasteiger partial charge >= 0.3 is 0 Å². The van der Waals surface area contributed by atoms with E-state index >= 15 is 0 Å². The third-order valence-corrected chi connectivity index (χ3v) is 5.06. The summed E-state index contributed by atoms with van der Waals surface area (Å²) in [5.41, 5.74) is 1.20. The summed E-state index contributed by atoms with van der Waals surface area (Å²) in [4.78, 5) is 11.1. The molecule has 1 saturated heterocycles. The fraction of sp³-hybridized carbons (Fsp3) is 0.786. The number of hydrogen-bond donors (Lipinski definition) is 1. The van der Waals surface area contributed by atoms with E-state index in [1.54, 1.807) is 0 Å². The molecule has 1 aromatic heterocycles. The van der Waals surface area contributed by atoms with Crippen molar-refractivity contribution < 1.29 is 0 Å². The predicted octanol–water partition coefficient (Wildman–Crippen LogP) is 1.87. The Kier molecular flexibility index (Phi) is 5.33. The Morgan fingerprint density at radius 3 is 2.89 bits per heavy atom. The summed E-state index contributed by atoms with van der Waals surface area (Å²) in [6, 6.07) is 0.451. The molecular formula is C14H26N4S. The van der Waals surface area contributed by atoms with Crippen LogP contribution in [-0.2, 0) is 6.54 Å². The Morgan fingerprint density at radius 1 is 1.37 bits per heavy atom. The van der Waals surface area contributed by atoms with Gasteiger partial charge < -0.3 is 10.2 Å². The summed E-state index contributed by atoms with van der Waals surface area (Å²) in [5.74, 6) is 0. The topological polar surface area (TPSA) is 31.4 Å². The second-order valence-corrected chi connectivity index (χ2v) is 6.57. The van der Waals surface area contributed by atoms with Gasteiger partial charge in [-0.25, -0.2) is 4.98 Å². The summed E-state index contributed by atoms with van der Waals surface area (Å²) in [6.07, 6.45) is 1.25. The molecule has 1 aromatic rings. The van der Waals surface area contributed by atoms with Gasteiger partial charge in [0.15, 0.2) is 0 Å². The van der Waals surface area contributed by atoms with Crippen molar-refractivity contribution in [1.82, 2.24) is 20.1 Å². The minimum atomic E-state index is 0.451. The third-order valence-electron chi connectivity index (χ3n) is 3.80. The first-order valence-corrected chi connectivity index (χ1v) is 7.99. The number of nitrogens with one attached hydrogen (secondary N) is 1. The van der Waals surface area contributed by atoms with Crippen LogP contribution in [0.25, 0.3) is 0 Å². The molecule has 0 bridgehead atoms. The lowest BCUT2D eigenvalue weighted by molar-refractivity contribution is 0.228. The zero-order valence-corrected chi connectivity index (χ0v) is 13.4. The highest BCUT2D eigenvalue weighted by atomic mass is 32.1. The van der Waals surface area contributed by atoms with E-state index in [-0.39, 0.29) is 0 Å². The van der Waals surface area contributed by atoms with Crippen LogP contribution in [0.1, 0.15) is 35.0 Å². The van der Waals surface area contributed by atoms with Gasteiger partial charge in [-0.2, -0.15) is 0 Å². The van der Waals surface area contributed by atoms with Gasteiger partial charge in [0.25, 0.3) is 0 Å². The van der Waals surface area contributed by atoms with Gasteiger partial charge in [-0.05, 0) is 47.1 Å². The quantitative estimate of drug-likeness (QED) is 0.913. The van der Waals surface area contributed by atoms with Crippen molar-refractivity contribution >= 4 is 11.3 Å². The molecule has 1 fully saturated rings. The molecule has 0 aliphatic carbocycles. The molecule has 0 radical (unpaired) electrons. The van der Waals surface area contributed by atoms with Gasteiger partial charge in [0.05, 0.1) is 11.7 Å². The fourth-order valence-corrected chi connectivity index (χ4v) is 3.73. The van der Waals surface area contributed by atoms with Gasteiger partial charge in [0.2, 0.25) is 0 Å². The molecule has 0 aromatic carbocycles. The Morgan fingerprint density at radius 2 is 2.16 bits per heavy atom. The maximum atomic E-state index is 4.82. The molecule has 19 heavy (non-hydrogen) atoms. The average molecular weight is 282 g/mol. The molecule has 0 amide bonds. The lowest BCUT2D eigenvalue weighted by atomic mass is 10.2. The van der Waals surface area contributed by atoms with Crippen LogP contribution in [0.15, 0.2) is 0 Å². The van der Waals surface area contributed by atoms with Gasteiger partial charge in [0, 0.05) is 18.0 Å². The van der Waals surface area contributed by atoms with Crippen molar-refractivity contribution in [2.45, 2.75) is 32.9 Å². The number of rotatable bonds is 4. The van der Waals surface area contributed by atoms with E-state index in [2.05, 4.69) is 43.1 Å². The second kappa shape index (κ2) is 6.79. The summed E-state index contributed by atoms with van der Waals surface area (Å²) in [7, 11) is 4.44. The minimum Gasteiger partial charge on any atom is -0.312 e. The van der Waals surface area contributed by atoms with Gasteiger partial charge in [0.1, 0.15) is 5.01 Å². The fourth-order valence-electron chi connectivity index (χ4n) is 2.53. The van der Waals surface area contributed by atoms with E-state index in [0.717, 1.165) is 26.2 Å². The van der Waals surface area contributed by atoms with Crippen LogP contribution < -0.4 is 5.32 Å². The van der Waals surface area contributed by atoms with Crippen LogP contribution in [0.2, 0.25) is 0 Å². The Labute approximate surface area is 120 Å². The van der Waals surface area contributed by atoms with Crippen molar-refractivity contribution in [2.75, 3.05) is 40.3 Å².